The third-order valence-electron chi connectivity index (χ3n) is 3.95. The van der Waals surface area contributed by atoms with Gasteiger partial charge in [0.05, 0.1) is 11.4 Å². The zero-order chi connectivity index (χ0) is 16.4. The first-order valence-corrected chi connectivity index (χ1v) is 7.95. The summed E-state index contributed by atoms with van der Waals surface area (Å²) in [6.07, 6.45) is 2.05. The molecule has 0 aliphatic rings. The van der Waals surface area contributed by atoms with E-state index in [9.17, 15) is 0 Å². The predicted octanol–water partition coefficient (Wildman–Crippen LogP) is 5.06. The van der Waals surface area contributed by atoms with Crippen molar-refractivity contribution in [2.75, 3.05) is 11.1 Å². The van der Waals surface area contributed by atoms with Crippen LogP contribution in [0.4, 0.5) is 11.4 Å². The quantitative estimate of drug-likeness (QED) is 0.590. The van der Waals surface area contributed by atoms with Crippen molar-refractivity contribution in [1.29, 1.82) is 0 Å². The van der Waals surface area contributed by atoms with Gasteiger partial charge in [0.2, 0.25) is 0 Å². The smallest absolute Gasteiger partial charge is 0.0576 e. The number of hydrogen-bond acceptors (Lipinski definition) is 2. The van der Waals surface area contributed by atoms with Crippen molar-refractivity contribution < 1.29 is 0 Å². The summed E-state index contributed by atoms with van der Waals surface area (Å²) in [7, 11) is 0. The molecular weight excluding hydrogens is 282 g/mol. The van der Waals surface area contributed by atoms with Crippen LogP contribution in [0.5, 0.6) is 0 Å². The normalized spacial score (nSPS) is 11.0. The van der Waals surface area contributed by atoms with Crippen LogP contribution in [0, 0.1) is 6.92 Å². The fourth-order valence-electron chi connectivity index (χ4n) is 2.79. The van der Waals surface area contributed by atoms with Crippen molar-refractivity contribution in [1.82, 2.24) is 4.98 Å². The molecule has 4 N–H and O–H groups in total. The summed E-state index contributed by atoms with van der Waals surface area (Å²) in [5.74, 6) is 0. The number of benzene rings is 2. The molecule has 0 aliphatic heterocycles. The molecule has 0 fully saturated rings. The average molecular weight is 305 g/mol. The van der Waals surface area contributed by atoms with Gasteiger partial charge in [0, 0.05) is 29.1 Å². The van der Waals surface area contributed by atoms with Gasteiger partial charge in [-0.3, -0.25) is 0 Å². The first-order valence-electron chi connectivity index (χ1n) is 7.95. The maximum atomic E-state index is 6.17. The largest absolute Gasteiger partial charge is 0.397 e. The minimum atomic E-state index is 0.362. The molecule has 3 aromatic rings. The molecule has 0 saturated heterocycles. The highest BCUT2D eigenvalue weighted by Gasteiger charge is 2.08. The van der Waals surface area contributed by atoms with E-state index in [1.165, 1.54) is 16.7 Å². The van der Waals surface area contributed by atoms with Gasteiger partial charge >= 0.3 is 0 Å². The van der Waals surface area contributed by atoms with E-state index >= 15 is 0 Å². The standard InChI is InChI=1S/C20H23N3/c1-13(2)23-19-9-8-15(10-18(19)21)20-11-16(12-22-20)17-7-5-4-6-14(17)3/h4-13,22-23H,21H2,1-3H3. The van der Waals surface area contributed by atoms with Crippen molar-refractivity contribution in [3.8, 4) is 22.4 Å². The molecule has 3 heteroatoms. The van der Waals surface area contributed by atoms with Crippen LogP contribution in [-0.2, 0) is 0 Å². The second-order valence-corrected chi connectivity index (χ2v) is 6.22. The molecule has 23 heavy (non-hydrogen) atoms. The summed E-state index contributed by atoms with van der Waals surface area (Å²) in [5, 5.41) is 3.36. The molecule has 1 aromatic heterocycles. The van der Waals surface area contributed by atoms with Gasteiger partial charge in [-0.05, 0) is 50.1 Å². The summed E-state index contributed by atoms with van der Waals surface area (Å²) in [5.41, 5.74) is 13.8. The number of hydrogen-bond donors (Lipinski definition) is 3. The fraction of sp³-hybridized carbons (Fsp3) is 0.200. The third kappa shape index (κ3) is 3.24. The van der Waals surface area contributed by atoms with Gasteiger partial charge in [0.1, 0.15) is 0 Å². The van der Waals surface area contributed by atoms with Crippen molar-refractivity contribution >= 4 is 11.4 Å². The Balaban J connectivity index is 1.92. The van der Waals surface area contributed by atoms with Gasteiger partial charge in [-0.1, -0.05) is 30.3 Å². The van der Waals surface area contributed by atoms with Gasteiger partial charge in [0.25, 0.3) is 0 Å². The molecule has 0 unspecified atom stereocenters. The van der Waals surface area contributed by atoms with Crippen LogP contribution in [0.1, 0.15) is 19.4 Å². The Hall–Kier alpha value is -2.68. The number of aromatic amines is 1. The van der Waals surface area contributed by atoms with Crippen LogP contribution in [-0.4, -0.2) is 11.0 Å². The van der Waals surface area contributed by atoms with Crippen molar-refractivity contribution in [3.05, 3.63) is 60.3 Å². The number of rotatable bonds is 4. The lowest BCUT2D eigenvalue weighted by atomic mass is 10.0. The van der Waals surface area contributed by atoms with Crippen molar-refractivity contribution in [2.24, 2.45) is 0 Å². The molecule has 3 nitrogen and oxygen atoms in total. The van der Waals surface area contributed by atoms with E-state index in [4.69, 9.17) is 5.73 Å². The molecule has 0 aliphatic carbocycles. The molecule has 0 radical (unpaired) electrons. The van der Waals surface area contributed by atoms with Crippen molar-refractivity contribution in [2.45, 2.75) is 26.8 Å². The number of aryl methyl sites for hydroxylation is 1. The zero-order valence-electron chi connectivity index (χ0n) is 13.9. The lowest BCUT2D eigenvalue weighted by molar-refractivity contribution is 0.900. The van der Waals surface area contributed by atoms with E-state index in [-0.39, 0.29) is 0 Å². The Kier molecular flexibility index (Phi) is 4.11. The molecule has 0 spiro atoms. The summed E-state index contributed by atoms with van der Waals surface area (Å²) < 4.78 is 0. The topological polar surface area (TPSA) is 53.8 Å². The van der Waals surface area contributed by atoms with Crippen LogP contribution in [0.2, 0.25) is 0 Å². The van der Waals surface area contributed by atoms with E-state index in [0.717, 1.165) is 22.6 Å². The van der Waals surface area contributed by atoms with Crippen LogP contribution in [0.3, 0.4) is 0 Å². The molecule has 2 aromatic carbocycles. The number of H-pyrrole nitrogens is 1. The molecule has 118 valence electrons. The molecule has 0 amide bonds. The van der Waals surface area contributed by atoms with E-state index in [0.29, 0.717) is 6.04 Å². The van der Waals surface area contributed by atoms with E-state index in [1.807, 2.05) is 18.3 Å². The number of anilines is 2. The Morgan fingerprint density at radius 1 is 1.00 bits per heavy atom. The summed E-state index contributed by atoms with van der Waals surface area (Å²) in [6, 6.07) is 17.1. The van der Waals surface area contributed by atoms with Gasteiger partial charge in [0.15, 0.2) is 0 Å². The Labute approximate surface area is 137 Å². The molecule has 0 atom stereocenters. The van der Waals surface area contributed by atoms with Crippen LogP contribution in [0.25, 0.3) is 22.4 Å². The number of nitrogens with two attached hydrogens (primary N) is 1. The Bertz CT molecular complexity index is 815. The van der Waals surface area contributed by atoms with Crippen LogP contribution in [0.15, 0.2) is 54.7 Å². The van der Waals surface area contributed by atoms with Crippen LogP contribution < -0.4 is 11.1 Å². The minimum absolute atomic E-state index is 0.362. The van der Waals surface area contributed by atoms with E-state index in [2.05, 4.69) is 67.5 Å². The second kappa shape index (κ2) is 6.21. The zero-order valence-corrected chi connectivity index (χ0v) is 13.9. The highest BCUT2D eigenvalue weighted by molar-refractivity contribution is 5.78. The Morgan fingerprint density at radius 3 is 2.48 bits per heavy atom. The van der Waals surface area contributed by atoms with Gasteiger partial charge < -0.3 is 16.0 Å². The molecular formula is C20H23N3. The fourth-order valence-corrected chi connectivity index (χ4v) is 2.79. The number of nitrogens with one attached hydrogen (secondary N) is 2. The summed E-state index contributed by atoms with van der Waals surface area (Å²) in [4.78, 5) is 3.36. The predicted molar refractivity (Wildman–Crippen MR) is 99.6 cm³/mol. The second-order valence-electron chi connectivity index (χ2n) is 6.22. The third-order valence-corrected chi connectivity index (χ3v) is 3.95. The number of nitrogen functional groups attached to an aromatic ring is 1. The summed E-state index contributed by atoms with van der Waals surface area (Å²) in [6.45, 7) is 6.34. The SMILES string of the molecule is Cc1ccccc1-c1c[nH]c(-c2ccc(NC(C)C)c(N)c2)c1. The molecule has 1 heterocycles. The van der Waals surface area contributed by atoms with Gasteiger partial charge in [-0.15, -0.1) is 0 Å². The molecule has 0 saturated carbocycles. The van der Waals surface area contributed by atoms with E-state index < -0.39 is 0 Å². The van der Waals surface area contributed by atoms with Crippen LogP contribution >= 0.6 is 0 Å². The molecule has 3 rings (SSSR count). The van der Waals surface area contributed by atoms with Crippen molar-refractivity contribution in [3.63, 3.8) is 0 Å². The highest BCUT2D eigenvalue weighted by Crippen LogP contribution is 2.31. The first-order chi connectivity index (χ1) is 11.0. The lowest BCUT2D eigenvalue weighted by Gasteiger charge is -2.13. The van der Waals surface area contributed by atoms with Gasteiger partial charge in [-0.25, -0.2) is 0 Å². The summed E-state index contributed by atoms with van der Waals surface area (Å²) >= 11 is 0. The average Bonchev–Trinajstić information content (AvgIpc) is 2.99. The number of aromatic nitrogens is 1. The maximum absolute atomic E-state index is 6.17. The van der Waals surface area contributed by atoms with E-state index in [1.54, 1.807) is 0 Å². The molecule has 0 bridgehead atoms. The maximum Gasteiger partial charge on any atom is 0.0576 e. The minimum Gasteiger partial charge on any atom is -0.397 e. The van der Waals surface area contributed by atoms with Gasteiger partial charge in [-0.2, -0.15) is 0 Å². The Morgan fingerprint density at radius 2 is 1.78 bits per heavy atom. The lowest BCUT2D eigenvalue weighted by Crippen LogP contribution is -2.11. The monoisotopic (exact) mass is 305 g/mol. The highest BCUT2D eigenvalue weighted by atomic mass is 14.9. The first kappa shape index (κ1) is 15.2.